The van der Waals surface area contributed by atoms with Crippen molar-refractivity contribution in [3.05, 3.63) is 48.0 Å². The van der Waals surface area contributed by atoms with Crippen molar-refractivity contribution in [3.63, 3.8) is 0 Å². The molecule has 2 aromatic rings. The summed E-state index contributed by atoms with van der Waals surface area (Å²) >= 11 is 0. The van der Waals surface area contributed by atoms with Crippen LogP contribution in [0, 0.1) is 0 Å². The van der Waals surface area contributed by atoms with E-state index in [2.05, 4.69) is 18.2 Å². The third kappa shape index (κ3) is 3.03. The Morgan fingerprint density at radius 1 is 1.12 bits per heavy atom. The Bertz CT molecular complexity index is 479. The molecule has 0 saturated carbocycles. The van der Waals surface area contributed by atoms with Crippen LogP contribution in [0.4, 0.5) is 0 Å². The molecule has 90 valence electrons. The number of hydrogen-bond acceptors (Lipinski definition) is 3. The maximum absolute atomic E-state index is 9.30. The number of hydrogen-bond donors (Lipinski definition) is 2. The Morgan fingerprint density at radius 3 is 2.71 bits per heavy atom. The summed E-state index contributed by atoms with van der Waals surface area (Å²) in [4.78, 5) is 0. The summed E-state index contributed by atoms with van der Waals surface area (Å²) in [5, 5.41) is 11.7. The van der Waals surface area contributed by atoms with Gasteiger partial charge in [0.2, 0.25) is 0 Å². The van der Waals surface area contributed by atoms with Gasteiger partial charge in [-0.3, -0.25) is 0 Å². The van der Waals surface area contributed by atoms with Crippen LogP contribution in [0.5, 0.6) is 0 Å². The SMILES string of the molecule is NC[C@H](O)COCc1cccc2ccccc12. The van der Waals surface area contributed by atoms with Crippen molar-refractivity contribution < 1.29 is 9.84 Å². The van der Waals surface area contributed by atoms with Crippen LogP contribution in [0.3, 0.4) is 0 Å². The molecule has 0 aromatic heterocycles. The van der Waals surface area contributed by atoms with Crippen molar-refractivity contribution in [1.82, 2.24) is 0 Å². The molecule has 0 amide bonds. The van der Waals surface area contributed by atoms with Crippen molar-refractivity contribution in [2.75, 3.05) is 13.2 Å². The number of nitrogens with two attached hydrogens (primary N) is 1. The average Bonchev–Trinajstić information content (AvgIpc) is 2.39. The number of ether oxygens (including phenoxy) is 1. The van der Waals surface area contributed by atoms with E-state index < -0.39 is 6.10 Å². The molecule has 3 heteroatoms. The monoisotopic (exact) mass is 231 g/mol. The summed E-state index contributed by atoms with van der Waals surface area (Å²) in [5.41, 5.74) is 6.44. The quantitative estimate of drug-likeness (QED) is 0.823. The van der Waals surface area contributed by atoms with E-state index in [9.17, 15) is 5.11 Å². The van der Waals surface area contributed by atoms with E-state index >= 15 is 0 Å². The lowest BCUT2D eigenvalue weighted by Crippen LogP contribution is -2.24. The molecule has 2 aromatic carbocycles. The van der Waals surface area contributed by atoms with Gasteiger partial charge in [0.1, 0.15) is 0 Å². The van der Waals surface area contributed by atoms with Crippen molar-refractivity contribution in [3.8, 4) is 0 Å². The lowest BCUT2D eigenvalue weighted by molar-refractivity contribution is 0.0333. The van der Waals surface area contributed by atoms with Gasteiger partial charge in [-0.15, -0.1) is 0 Å². The molecule has 0 spiro atoms. The minimum Gasteiger partial charge on any atom is -0.389 e. The average molecular weight is 231 g/mol. The van der Waals surface area contributed by atoms with Crippen LogP contribution in [-0.2, 0) is 11.3 Å². The predicted molar refractivity (Wildman–Crippen MR) is 68.7 cm³/mol. The van der Waals surface area contributed by atoms with Gasteiger partial charge < -0.3 is 15.6 Å². The first-order chi connectivity index (χ1) is 8.31. The molecule has 0 fully saturated rings. The smallest absolute Gasteiger partial charge is 0.0895 e. The van der Waals surface area contributed by atoms with Crippen molar-refractivity contribution in [2.45, 2.75) is 12.7 Å². The maximum Gasteiger partial charge on any atom is 0.0895 e. The second kappa shape index (κ2) is 5.77. The summed E-state index contributed by atoms with van der Waals surface area (Å²) in [7, 11) is 0. The number of benzene rings is 2. The third-order valence-electron chi connectivity index (χ3n) is 2.72. The van der Waals surface area contributed by atoms with Crippen LogP contribution < -0.4 is 5.73 Å². The van der Waals surface area contributed by atoms with E-state index in [1.807, 2.05) is 24.3 Å². The Kier molecular flexibility index (Phi) is 4.09. The lowest BCUT2D eigenvalue weighted by Gasteiger charge is -2.10. The second-order valence-electron chi connectivity index (χ2n) is 4.04. The van der Waals surface area contributed by atoms with Gasteiger partial charge in [0.05, 0.1) is 19.3 Å². The summed E-state index contributed by atoms with van der Waals surface area (Å²) < 4.78 is 5.45. The Morgan fingerprint density at radius 2 is 1.88 bits per heavy atom. The first-order valence-electron chi connectivity index (χ1n) is 5.74. The first kappa shape index (κ1) is 12.0. The zero-order valence-electron chi connectivity index (χ0n) is 9.67. The van der Waals surface area contributed by atoms with Crippen LogP contribution >= 0.6 is 0 Å². The second-order valence-corrected chi connectivity index (χ2v) is 4.04. The molecule has 0 aliphatic carbocycles. The largest absolute Gasteiger partial charge is 0.389 e. The zero-order valence-corrected chi connectivity index (χ0v) is 9.67. The van der Waals surface area contributed by atoms with Crippen molar-refractivity contribution in [2.24, 2.45) is 5.73 Å². The molecule has 0 unspecified atom stereocenters. The fraction of sp³-hybridized carbons (Fsp3) is 0.286. The van der Waals surface area contributed by atoms with E-state index in [0.29, 0.717) is 6.61 Å². The number of rotatable bonds is 5. The van der Waals surface area contributed by atoms with Crippen molar-refractivity contribution in [1.29, 1.82) is 0 Å². The highest BCUT2D eigenvalue weighted by molar-refractivity contribution is 5.85. The predicted octanol–water partition coefficient (Wildman–Crippen LogP) is 1.68. The van der Waals surface area contributed by atoms with E-state index in [1.165, 1.54) is 10.8 Å². The molecule has 1 atom stereocenters. The lowest BCUT2D eigenvalue weighted by atomic mass is 10.1. The van der Waals surface area contributed by atoms with Crippen LogP contribution in [0.1, 0.15) is 5.56 Å². The molecule has 3 nitrogen and oxygen atoms in total. The van der Waals surface area contributed by atoms with Crippen LogP contribution in [0.2, 0.25) is 0 Å². The molecule has 0 heterocycles. The first-order valence-corrected chi connectivity index (χ1v) is 5.74. The van der Waals surface area contributed by atoms with Crippen LogP contribution in [0.15, 0.2) is 42.5 Å². The highest BCUT2D eigenvalue weighted by Gasteiger charge is 2.03. The van der Waals surface area contributed by atoms with E-state index in [1.54, 1.807) is 0 Å². The third-order valence-corrected chi connectivity index (χ3v) is 2.72. The fourth-order valence-corrected chi connectivity index (χ4v) is 1.79. The Balaban J connectivity index is 2.08. The fourth-order valence-electron chi connectivity index (χ4n) is 1.79. The van der Waals surface area contributed by atoms with Gasteiger partial charge in [0.25, 0.3) is 0 Å². The highest BCUT2D eigenvalue weighted by atomic mass is 16.5. The summed E-state index contributed by atoms with van der Waals surface area (Å²) in [6.45, 7) is 1.01. The van der Waals surface area contributed by atoms with Gasteiger partial charge in [-0.05, 0) is 16.3 Å². The number of fused-ring (bicyclic) bond motifs is 1. The molecular formula is C14H17NO2. The van der Waals surface area contributed by atoms with E-state index in [0.717, 1.165) is 5.56 Å². The molecule has 0 saturated heterocycles. The zero-order chi connectivity index (χ0) is 12.1. The molecule has 2 rings (SSSR count). The van der Waals surface area contributed by atoms with Gasteiger partial charge in [0.15, 0.2) is 0 Å². The normalized spacial score (nSPS) is 12.8. The van der Waals surface area contributed by atoms with Crippen molar-refractivity contribution >= 4 is 10.8 Å². The van der Waals surface area contributed by atoms with Gasteiger partial charge in [-0.1, -0.05) is 42.5 Å². The topological polar surface area (TPSA) is 55.5 Å². The minimum absolute atomic E-state index is 0.232. The Labute approximate surface area is 101 Å². The molecule has 0 aliphatic heterocycles. The summed E-state index contributed by atoms with van der Waals surface area (Å²) in [6, 6.07) is 14.3. The Hall–Kier alpha value is -1.42. The van der Waals surface area contributed by atoms with Gasteiger partial charge >= 0.3 is 0 Å². The molecule has 0 bridgehead atoms. The van der Waals surface area contributed by atoms with E-state index in [4.69, 9.17) is 10.5 Å². The molecule has 17 heavy (non-hydrogen) atoms. The standard InChI is InChI=1S/C14H17NO2/c15-8-13(16)10-17-9-12-6-3-5-11-4-1-2-7-14(11)12/h1-7,13,16H,8-10,15H2/t13-/m0/s1. The summed E-state index contributed by atoms with van der Waals surface area (Å²) in [5.74, 6) is 0. The number of aliphatic hydroxyl groups is 1. The summed E-state index contributed by atoms with van der Waals surface area (Å²) in [6.07, 6.45) is -0.579. The molecular weight excluding hydrogens is 214 g/mol. The van der Waals surface area contributed by atoms with Gasteiger partial charge in [-0.25, -0.2) is 0 Å². The molecule has 0 radical (unpaired) electrons. The highest BCUT2D eigenvalue weighted by Crippen LogP contribution is 2.19. The minimum atomic E-state index is -0.579. The van der Waals surface area contributed by atoms with Crippen LogP contribution in [-0.4, -0.2) is 24.4 Å². The molecule has 3 N–H and O–H groups in total. The van der Waals surface area contributed by atoms with E-state index in [-0.39, 0.29) is 13.2 Å². The number of aliphatic hydroxyl groups excluding tert-OH is 1. The van der Waals surface area contributed by atoms with Gasteiger partial charge in [0, 0.05) is 6.54 Å². The van der Waals surface area contributed by atoms with Gasteiger partial charge in [-0.2, -0.15) is 0 Å². The van der Waals surface area contributed by atoms with Crippen LogP contribution in [0.25, 0.3) is 10.8 Å². The maximum atomic E-state index is 9.30. The molecule has 0 aliphatic rings.